The van der Waals surface area contributed by atoms with Crippen molar-refractivity contribution in [3.05, 3.63) is 84.4 Å². The Labute approximate surface area is 207 Å². The lowest BCUT2D eigenvalue weighted by atomic mass is 10.2. The van der Waals surface area contributed by atoms with Gasteiger partial charge < -0.3 is 24.5 Å². The molecule has 0 fully saturated rings. The van der Waals surface area contributed by atoms with E-state index in [0.717, 1.165) is 61.7 Å². The summed E-state index contributed by atoms with van der Waals surface area (Å²) in [5.74, 6) is 4.09. The molecule has 0 bridgehead atoms. The van der Waals surface area contributed by atoms with Crippen LogP contribution in [-0.4, -0.2) is 23.6 Å². The van der Waals surface area contributed by atoms with Crippen molar-refractivity contribution in [1.82, 2.24) is 15.3 Å². The maximum Gasteiger partial charge on any atom is 0.151 e. The number of hydrogen-bond acceptors (Lipinski definition) is 8. The van der Waals surface area contributed by atoms with Gasteiger partial charge in [-0.15, -0.1) is 11.3 Å². The number of anilines is 2. The number of furan rings is 1. The lowest BCUT2D eigenvalue weighted by Gasteiger charge is -2.10. The molecule has 0 aliphatic rings. The zero-order chi connectivity index (χ0) is 24.0. The summed E-state index contributed by atoms with van der Waals surface area (Å²) in [5.41, 5.74) is 2.83. The van der Waals surface area contributed by atoms with Crippen LogP contribution in [0.3, 0.4) is 0 Å². The Hall–Kier alpha value is -3.88. The highest BCUT2D eigenvalue weighted by Crippen LogP contribution is 2.37. The van der Waals surface area contributed by atoms with Gasteiger partial charge in [0.25, 0.3) is 0 Å². The molecule has 0 spiro atoms. The number of fused-ring (bicyclic) bond motifs is 1. The van der Waals surface area contributed by atoms with Crippen LogP contribution < -0.4 is 20.1 Å². The Morgan fingerprint density at radius 3 is 2.69 bits per heavy atom. The molecule has 2 N–H and O–H groups in total. The quantitative estimate of drug-likeness (QED) is 0.237. The van der Waals surface area contributed by atoms with Crippen LogP contribution in [0.25, 0.3) is 20.9 Å². The molecule has 0 atom stereocenters. The molecule has 0 aliphatic heterocycles. The molecule has 0 aliphatic carbocycles. The van der Waals surface area contributed by atoms with Gasteiger partial charge in [0, 0.05) is 11.8 Å². The van der Waals surface area contributed by atoms with E-state index in [9.17, 15) is 0 Å². The largest absolute Gasteiger partial charge is 0.497 e. The molecule has 0 radical (unpaired) electrons. The highest BCUT2D eigenvalue weighted by molar-refractivity contribution is 7.22. The number of nitrogens with zero attached hydrogens (tertiary/aromatic N) is 2. The number of rotatable bonds is 10. The van der Waals surface area contributed by atoms with Crippen LogP contribution in [0.4, 0.5) is 11.5 Å². The lowest BCUT2D eigenvalue weighted by Crippen LogP contribution is -2.10. The minimum atomic E-state index is 0.471. The van der Waals surface area contributed by atoms with E-state index in [-0.39, 0.29) is 0 Å². The van der Waals surface area contributed by atoms with Gasteiger partial charge in [-0.1, -0.05) is 25.1 Å². The summed E-state index contributed by atoms with van der Waals surface area (Å²) < 4.78 is 18.2. The van der Waals surface area contributed by atoms with Crippen LogP contribution >= 0.6 is 11.3 Å². The predicted octanol–water partition coefficient (Wildman–Crippen LogP) is 6.39. The third kappa shape index (κ3) is 5.45. The molecule has 5 aromatic rings. The highest BCUT2D eigenvalue weighted by atomic mass is 32.1. The Morgan fingerprint density at radius 2 is 1.86 bits per heavy atom. The maximum absolute atomic E-state index is 6.01. The zero-order valence-corrected chi connectivity index (χ0v) is 20.4. The molecular formula is C27H26N4O3S. The third-order valence-electron chi connectivity index (χ3n) is 5.43. The normalized spacial score (nSPS) is 11.0. The molecule has 8 heteroatoms. The Morgan fingerprint density at radius 1 is 0.971 bits per heavy atom. The fraction of sp³-hybridized carbons (Fsp3) is 0.185. The van der Waals surface area contributed by atoms with Gasteiger partial charge in [-0.3, -0.25) is 0 Å². The number of thiophene rings is 1. The molecule has 0 saturated carbocycles. The molecule has 35 heavy (non-hydrogen) atoms. The minimum absolute atomic E-state index is 0.471. The van der Waals surface area contributed by atoms with Crippen LogP contribution in [-0.2, 0) is 13.2 Å². The second-order valence-electron chi connectivity index (χ2n) is 7.88. The van der Waals surface area contributed by atoms with Gasteiger partial charge in [0.2, 0.25) is 0 Å². The van der Waals surface area contributed by atoms with Crippen LogP contribution in [0.5, 0.6) is 11.5 Å². The number of aromatic nitrogens is 2. The summed E-state index contributed by atoms with van der Waals surface area (Å²) in [7, 11) is 1.66. The topological polar surface area (TPSA) is 81.4 Å². The molecule has 5 rings (SSSR count). The van der Waals surface area contributed by atoms with E-state index >= 15 is 0 Å². The molecule has 0 saturated heterocycles. The summed E-state index contributed by atoms with van der Waals surface area (Å²) in [6.07, 6.45) is 1.57. The molecule has 7 nitrogen and oxygen atoms in total. The summed E-state index contributed by atoms with van der Waals surface area (Å²) in [4.78, 5) is 9.96. The van der Waals surface area contributed by atoms with E-state index in [0.29, 0.717) is 13.2 Å². The fourth-order valence-corrected chi connectivity index (χ4v) is 4.62. The predicted molar refractivity (Wildman–Crippen MR) is 140 cm³/mol. The average molecular weight is 487 g/mol. The number of benzene rings is 2. The molecule has 2 aromatic carbocycles. The molecular weight excluding hydrogens is 460 g/mol. The van der Waals surface area contributed by atoms with Crippen molar-refractivity contribution in [2.24, 2.45) is 0 Å². The molecule has 178 valence electrons. The van der Waals surface area contributed by atoms with Crippen LogP contribution in [0, 0.1) is 0 Å². The Bertz CT molecular complexity index is 1410. The van der Waals surface area contributed by atoms with Gasteiger partial charge in [0.05, 0.1) is 28.7 Å². The van der Waals surface area contributed by atoms with Crippen molar-refractivity contribution >= 4 is 33.1 Å². The molecule has 3 heterocycles. The highest BCUT2D eigenvalue weighted by Gasteiger charge is 2.13. The van der Waals surface area contributed by atoms with E-state index in [1.807, 2.05) is 66.7 Å². The Balaban J connectivity index is 1.31. The number of hydrogen-bond donors (Lipinski definition) is 2. The molecule has 0 unspecified atom stereocenters. The minimum Gasteiger partial charge on any atom is -0.497 e. The molecule has 0 amide bonds. The number of ether oxygens (including phenoxy) is 2. The Kier molecular flexibility index (Phi) is 6.92. The van der Waals surface area contributed by atoms with Gasteiger partial charge in [0.1, 0.15) is 36.0 Å². The maximum atomic E-state index is 6.01. The first-order chi connectivity index (χ1) is 17.2. The van der Waals surface area contributed by atoms with Crippen molar-refractivity contribution in [2.45, 2.75) is 20.1 Å². The van der Waals surface area contributed by atoms with Crippen LogP contribution in [0.1, 0.15) is 18.2 Å². The van der Waals surface area contributed by atoms with E-state index in [1.54, 1.807) is 24.8 Å². The fourth-order valence-electron chi connectivity index (χ4n) is 3.61. The van der Waals surface area contributed by atoms with E-state index < -0.39 is 0 Å². The van der Waals surface area contributed by atoms with E-state index in [2.05, 4.69) is 27.5 Å². The average Bonchev–Trinajstić information content (AvgIpc) is 3.54. The summed E-state index contributed by atoms with van der Waals surface area (Å²) in [5, 5.41) is 6.70. The zero-order valence-electron chi connectivity index (χ0n) is 19.6. The number of methoxy groups -OCH3 is 1. The standard InChI is InChI=1S/C27H26N4O3S/c1-3-28-15-22-11-12-24(34-22)25-14-23-26(35-25)27(30-17-29-23)31-19-5-4-6-21(13-19)33-16-18-7-9-20(32-2)10-8-18/h4-14,17,28H,3,15-16H2,1-2H3,(H,29,30,31). The van der Waals surface area contributed by atoms with Crippen molar-refractivity contribution in [3.63, 3.8) is 0 Å². The first-order valence-electron chi connectivity index (χ1n) is 11.4. The van der Waals surface area contributed by atoms with E-state index in [1.165, 1.54) is 0 Å². The van der Waals surface area contributed by atoms with E-state index in [4.69, 9.17) is 13.9 Å². The SMILES string of the molecule is CCNCc1ccc(-c2cc3ncnc(Nc4cccc(OCc5ccc(OC)cc5)c4)c3s2)o1. The summed E-state index contributed by atoms with van der Waals surface area (Å²) in [6, 6.07) is 21.7. The monoisotopic (exact) mass is 486 g/mol. The van der Waals surface area contributed by atoms with Gasteiger partial charge in [-0.05, 0) is 54.6 Å². The smallest absolute Gasteiger partial charge is 0.151 e. The first-order valence-corrected chi connectivity index (χ1v) is 12.2. The van der Waals surface area contributed by atoms with Gasteiger partial charge in [-0.2, -0.15) is 0 Å². The van der Waals surface area contributed by atoms with Crippen molar-refractivity contribution < 1.29 is 13.9 Å². The summed E-state index contributed by atoms with van der Waals surface area (Å²) >= 11 is 1.60. The van der Waals surface area contributed by atoms with Crippen molar-refractivity contribution in [1.29, 1.82) is 0 Å². The third-order valence-corrected chi connectivity index (χ3v) is 6.57. The van der Waals surface area contributed by atoms with Gasteiger partial charge in [-0.25, -0.2) is 9.97 Å². The van der Waals surface area contributed by atoms with Gasteiger partial charge in [0.15, 0.2) is 5.82 Å². The van der Waals surface area contributed by atoms with Crippen LogP contribution in [0.2, 0.25) is 0 Å². The summed E-state index contributed by atoms with van der Waals surface area (Å²) in [6.45, 7) is 4.16. The molecule has 3 aromatic heterocycles. The second-order valence-corrected chi connectivity index (χ2v) is 8.94. The first kappa shape index (κ1) is 22.9. The van der Waals surface area contributed by atoms with Crippen molar-refractivity contribution in [3.8, 4) is 22.1 Å². The van der Waals surface area contributed by atoms with Crippen molar-refractivity contribution in [2.75, 3.05) is 19.0 Å². The van der Waals surface area contributed by atoms with Gasteiger partial charge >= 0.3 is 0 Å². The second kappa shape index (κ2) is 10.6. The number of nitrogens with one attached hydrogen (secondary N) is 2. The lowest BCUT2D eigenvalue weighted by molar-refractivity contribution is 0.306. The van der Waals surface area contributed by atoms with Crippen LogP contribution in [0.15, 0.2) is 77.5 Å².